The van der Waals surface area contributed by atoms with Gasteiger partial charge < -0.3 is 14.4 Å². The van der Waals surface area contributed by atoms with Gasteiger partial charge in [-0.05, 0) is 48.7 Å². The maximum atomic E-state index is 5.76. The zero-order valence-corrected chi connectivity index (χ0v) is 18.7. The summed E-state index contributed by atoms with van der Waals surface area (Å²) in [5.74, 6) is 1.73. The van der Waals surface area contributed by atoms with E-state index in [9.17, 15) is 0 Å². The Labute approximate surface area is 180 Å². The molecule has 0 aromatic heterocycles. The molecule has 1 aliphatic heterocycles. The standard InChI is InChI=1S/C26H28NO2P/c1-28-22-15-10-16-23(29-2)24(22)20-13-9-14-21-25(20)30-26(17-7-4-8-18-26)27(21)19-11-5-3-6-12-19/h3,5-6,9-16,30H,4,7-8,17-18H2,1-2H3. The molecule has 0 N–H and O–H groups in total. The third-order valence-electron chi connectivity index (χ3n) is 6.46. The number of fused-ring (bicyclic) bond motifs is 1. The number of nitrogens with zero attached hydrogens (tertiary/aromatic N) is 1. The van der Waals surface area contributed by atoms with Crippen LogP contribution in [-0.4, -0.2) is 19.5 Å². The molecule has 2 aliphatic rings. The molecule has 30 heavy (non-hydrogen) atoms. The fourth-order valence-corrected chi connectivity index (χ4v) is 7.25. The Bertz CT molecular complexity index is 1020. The molecule has 1 atom stereocenters. The minimum Gasteiger partial charge on any atom is -0.496 e. The molecule has 0 saturated heterocycles. The zero-order valence-electron chi connectivity index (χ0n) is 17.7. The number of para-hydroxylation sites is 1. The molecule has 154 valence electrons. The van der Waals surface area contributed by atoms with Gasteiger partial charge in [0, 0.05) is 11.0 Å². The van der Waals surface area contributed by atoms with E-state index in [1.165, 1.54) is 54.3 Å². The number of ether oxygens (including phenoxy) is 2. The second kappa shape index (κ2) is 7.96. The monoisotopic (exact) mass is 417 g/mol. The highest BCUT2D eigenvalue weighted by atomic mass is 31.1. The van der Waals surface area contributed by atoms with Crippen molar-refractivity contribution >= 4 is 25.3 Å². The van der Waals surface area contributed by atoms with Crippen molar-refractivity contribution < 1.29 is 9.47 Å². The molecule has 3 aromatic rings. The second-order valence-corrected chi connectivity index (χ2v) is 9.81. The highest BCUT2D eigenvalue weighted by Gasteiger charge is 2.46. The predicted molar refractivity (Wildman–Crippen MR) is 127 cm³/mol. The van der Waals surface area contributed by atoms with E-state index in [1.807, 2.05) is 18.2 Å². The summed E-state index contributed by atoms with van der Waals surface area (Å²) in [6.07, 6.45) is 6.45. The minimum atomic E-state index is 0.188. The van der Waals surface area contributed by atoms with Crippen LogP contribution in [0.3, 0.4) is 0 Å². The lowest BCUT2D eigenvalue weighted by Gasteiger charge is -2.43. The molecule has 1 aliphatic carbocycles. The number of methoxy groups -OCH3 is 2. The van der Waals surface area contributed by atoms with Crippen molar-refractivity contribution in [3.63, 3.8) is 0 Å². The quantitative estimate of drug-likeness (QED) is 0.453. The van der Waals surface area contributed by atoms with Gasteiger partial charge in [0.15, 0.2) is 0 Å². The van der Waals surface area contributed by atoms with Gasteiger partial charge in [-0.2, -0.15) is 0 Å². The van der Waals surface area contributed by atoms with Gasteiger partial charge in [-0.15, -0.1) is 0 Å². The second-order valence-electron chi connectivity index (χ2n) is 8.13. The fourth-order valence-electron chi connectivity index (χ4n) is 5.15. The molecule has 3 nitrogen and oxygen atoms in total. The molecular weight excluding hydrogens is 389 g/mol. The Morgan fingerprint density at radius 1 is 0.767 bits per heavy atom. The highest BCUT2D eigenvalue weighted by Crippen LogP contribution is 2.58. The normalized spacial score (nSPS) is 17.9. The first kappa shape index (κ1) is 19.5. The van der Waals surface area contributed by atoms with E-state index in [2.05, 4.69) is 53.4 Å². The molecule has 1 heterocycles. The van der Waals surface area contributed by atoms with Crippen LogP contribution in [0.15, 0.2) is 66.7 Å². The molecule has 0 amide bonds. The Hall–Kier alpha value is -2.51. The van der Waals surface area contributed by atoms with Gasteiger partial charge in [-0.1, -0.05) is 64.2 Å². The number of benzene rings is 3. The summed E-state index contributed by atoms with van der Waals surface area (Å²) in [6.45, 7) is 0. The fraction of sp³-hybridized carbons (Fsp3) is 0.308. The van der Waals surface area contributed by atoms with Gasteiger partial charge in [-0.3, -0.25) is 0 Å². The van der Waals surface area contributed by atoms with Crippen LogP contribution < -0.4 is 19.7 Å². The lowest BCUT2D eigenvalue weighted by atomic mass is 9.92. The first-order valence-corrected chi connectivity index (χ1v) is 11.8. The van der Waals surface area contributed by atoms with Gasteiger partial charge in [0.25, 0.3) is 0 Å². The van der Waals surface area contributed by atoms with E-state index >= 15 is 0 Å². The highest BCUT2D eigenvalue weighted by molar-refractivity contribution is 7.51. The Kier molecular flexibility index (Phi) is 5.16. The van der Waals surface area contributed by atoms with Crippen molar-refractivity contribution in [2.45, 2.75) is 37.4 Å². The lowest BCUT2D eigenvalue weighted by molar-refractivity contribution is 0.397. The zero-order chi connectivity index (χ0) is 20.6. The van der Waals surface area contributed by atoms with Crippen molar-refractivity contribution in [1.29, 1.82) is 0 Å². The van der Waals surface area contributed by atoms with Gasteiger partial charge >= 0.3 is 0 Å². The summed E-state index contributed by atoms with van der Waals surface area (Å²) in [5.41, 5.74) is 4.94. The first-order valence-electron chi connectivity index (χ1n) is 10.8. The summed E-state index contributed by atoms with van der Waals surface area (Å²) >= 11 is 0. The SMILES string of the molecule is COc1cccc(OC)c1-c1cccc2c1PC1(CCCCC1)N2c1ccccc1. The van der Waals surface area contributed by atoms with Crippen LogP contribution in [-0.2, 0) is 0 Å². The first-order chi connectivity index (χ1) is 14.8. The van der Waals surface area contributed by atoms with Gasteiger partial charge in [0.05, 0.1) is 30.8 Å². The summed E-state index contributed by atoms with van der Waals surface area (Å²) in [5, 5.41) is 1.62. The van der Waals surface area contributed by atoms with Crippen LogP contribution in [0.2, 0.25) is 0 Å². The van der Waals surface area contributed by atoms with Gasteiger partial charge in [-0.25, -0.2) is 0 Å². The van der Waals surface area contributed by atoms with E-state index in [-0.39, 0.29) is 5.28 Å². The van der Waals surface area contributed by atoms with Crippen LogP contribution >= 0.6 is 8.58 Å². The third kappa shape index (κ3) is 3.08. The summed E-state index contributed by atoms with van der Waals surface area (Å²) in [7, 11) is 4.22. The number of anilines is 2. The van der Waals surface area contributed by atoms with E-state index < -0.39 is 0 Å². The molecular formula is C26H28NO2P. The van der Waals surface area contributed by atoms with Crippen molar-refractivity contribution in [1.82, 2.24) is 0 Å². The van der Waals surface area contributed by atoms with Crippen molar-refractivity contribution in [3.05, 3.63) is 66.7 Å². The van der Waals surface area contributed by atoms with E-state index in [0.717, 1.165) is 25.6 Å². The van der Waals surface area contributed by atoms with Crippen molar-refractivity contribution in [3.8, 4) is 22.6 Å². The smallest absolute Gasteiger partial charge is 0.130 e. The maximum Gasteiger partial charge on any atom is 0.130 e. The van der Waals surface area contributed by atoms with Crippen molar-refractivity contribution in [2.24, 2.45) is 0 Å². The number of hydrogen-bond acceptors (Lipinski definition) is 3. The van der Waals surface area contributed by atoms with Crippen LogP contribution in [0, 0.1) is 0 Å². The summed E-state index contributed by atoms with van der Waals surface area (Å²) < 4.78 is 11.5. The Balaban J connectivity index is 1.73. The lowest BCUT2D eigenvalue weighted by Crippen LogP contribution is -2.40. The molecule has 0 radical (unpaired) electrons. The van der Waals surface area contributed by atoms with Crippen LogP contribution in [0.5, 0.6) is 11.5 Å². The van der Waals surface area contributed by atoms with Crippen LogP contribution in [0.25, 0.3) is 11.1 Å². The Morgan fingerprint density at radius 3 is 2.10 bits per heavy atom. The third-order valence-corrected chi connectivity index (χ3v) is 8.43. The van der Waals surface area contributed by atoms with E-state index in [4.69, 9.17) is 9.47 Å². The molecule has 1 spiro atoms. The molecule has 1 saturated carbocycles. The van der Waals surface area contributed by atoms with Crippen molar-refractivity contribution in [2.75, 3.05) is 19.1 Å². The largest absolute Gasteiger partial charge is 0.496 e. The Morgan fingerprint density at radius 2 is 1.43 bits per heavy atom. The van der Waals surface area contributed by atoms with E-state index in [1.54, 1.807) is 14.2 Å². The van der Waals surface area contributed by atoms with Crippen LogP contribution in [0.1, 0.15) is 32.1 Å². The van der Waals surface area contributed by atoms with Gasteiger partial charge in [0.1, 0.15) is 11.5 Å². The van der Waals surface area contributed by atoms with Gasteiger partial charge in [0.2, 0.25) is 0 Å². The summed E-state index contributed by atoms with van der Waals surface area (Å²) in [6, 6.07) is 23.7. The maximum absolute atomic E-state index is 5.76. The van der Waals surface area contributed by atoms with Crippen LogP contribution in [0.4, 0.5) is 11.4 Å². The number of rotatable bonds is 4. The number of hydrogen-bond donors (Lipinski definition) is 0. The summed E-state index contributed by atoms with van der Waals surface area (Å²) in [4.78, 5) is 2.64. The molecule has 1 fully saturated rings. The average molecular weight is 417 g/mol. The average Bonchev–Trinajstić information content (AvgIpc) is 3.12. The molecule has 4 heteroatoms. The predicted octanol–water partition coefficient (Wildman–Crippen LogP) is 6.49. The molecule has 1 unspecified atom stereocenters. The topological polar surface area (TPSA) is 21.7 Å². The van der Waals surface area contributed by atoms with E-state index in [0.29, 0.717) is 0 Å². The minimum absolute atomic E-state index is 0.188. The molecule has 3 aromatic carbocycles. The molecule has 5 rings (SSSR count). The molecule has 0 bridgehead atoms.